The van der Waals surface area contributed by atoms with Crippen LogP contribution in [-0.2, 0) is 13.0 Å². The summed E-state index contributed by atoms with van der Waals surface area (Å²) in [4.78, 5) is 6.85. The number of benzene rings is 1. The van der Waals surface area contributed by atoms with Gasteiger partial charge in [0.2, 0.25) is 0 Å². The molecule has 0 bridgehead atoms. The number of hydrogen-bond donors (Lipinski definition) is 1. The van der Waals surface area contributed by atoms with Crippen LogP contribution in [0.25, 0.3) is 0 Å². The number of halogens is 2. The Morgan fingerprint density at radius 1 is 1.24 bits per heavy atom. The van der Waals surface area contributed by atoms with E-state index in [1.807, 2.05) is 16.8 Å². The first-order chi connectivity index (χ1) is 9.22. The third-order valence-electron chi connectivity index (χ3n) is 3.46. The molecule has 0 amide bonds. The van der Waals surface area contributed by atoms with Crippen molar-refractivity contribution in [1.29, 1.82) is 0 Å². The number of nitrogens with two attached hydrogens (primary N) is 1. The number of rotatable bonds is 2. The minimum Gasteiger partial charge on any atom is -0.383 e. The lowest BCUT2D eigenvalue weighted by Gasteiger charge is -2.24. The Morgan fingerprint density at radius 3 is 2.76 bits per heavy atom. The van der Waals surface area contributed by atoms with Crippen LogP contribution in [-0.4, -0.2) is 24.3 Å². The maximum absolute atomic E-state index is 6.02. The molecule has 3 rings (SSSR count). The Morgan fingerprint density at radius 2 is 2.05 bits per heavy atom. The Labute approximate surface area is 141 Å². The van der Waals surface area contributed by atoms with Crippen molar-refractivity contribution in [3.8, 4) is 0 Å². The topological polar surface area (TPSA) is 41.6 Å². The lowest BCUT2D eigenvalue weighted by Crippen LogP contribution is -2.26. The molecule has 2 aromatic rings. The second kappa shape index (κ2) is 7.80. The fraction of sp³-hybridized carbons (Fsp3) is 0.267. The summed E-state index contributed by atoms with van der Waals surface area (Å²) in [5, 5.41) is 4.03. The minimum atomic E-state index is 0. The summed E-state index contributed by atoms with van der Waals surface area (Å²) in [5.41, 5.74) is 10.8. The van der Waals surface area contributed by atoms with E-state index in [1.165, 1.54) is 11.1 Å². The highest BCUT2D eigenvalue weighted by molar-refractivity contribution is 7.08. The highest BCUT2D eigenvalue weighted by Gasteiger charge is 2.13. The van der Waals surface area contributed by atoms with Crippen LogP contribution in [0.1, 0.15) is 16.7 Å². The fourth-order valence-electron chi connectivity index (χ4n) is 2.37. The number of likely N-dealkylation sites (N-methyl/N-ethyl adjacent to an activating group) is 1. The predicted molar refractivity (Wildman–Crippen MR) is 95.7 cm³/mol. The van der Waals surface area contributed by atoms with Crippen LogP contribution < -0.4 is 5.73 Å². The molecule has 0 saturated carbocycles. The van der Waals surface area contributed by atoms with Gasteiger partial charge in [0.15, 0.2) is 0 Å². The van der Waals surface area contributed by atoms with E-state index in [0.29, 0.717) is 5.84 Å². The summed E-state index contributed by atoms with van der Waals surface area (Å²) in [6, 6.07) is 8.39. The predicted octanol–water partition coefficient (Wildman–Crippen LogP) is 3.62. The lowest BCUT2D eigenvalue weighted by atomic mass is 9.99. The number of amidine groups is 1. The molecule has 0 spiro atoms. The molecular weight excluding hydrogens is 325 g/mol. The van der Waals surface area contributed by atoms with Gasteiger partial charge in [0.1, 0.15) is 5.84 Å². The first-order valence-electron chi connectivity index (χ1n) is 6.39. The van der Waals surface area contributed by atoms with E-state index in [1.54, 1.807) is 11.3 Å². The Bertz CT molecular complexity index is 611. The van der Waals surface area contributed by atoms with Gasteiger partial charge in [-0.1, -0.05) is 6.07 Å². The van der Waals surface area contributed by atoms with Gasteiger partial charge < -0.3 is 10.6 Å². The molecule has 2 N–H and O–H groups in total. The Balaban J connectivity index is 0.00000110. The molecule has 1 aliphatic heterocycles. The van der Waals surface area contributed by atoms with E-state index in [0.717, 1.165) is 30.8 Å². The Kier molecular flexibility index (Phi) is 6.68. The van der Waals surface area contributed by atoms with Crippen LogP contribution in [0.15, 0.2) is 40.0 Å². The van der Waals surface area contributed by atoms with Crippen molar-refractivity contribution in [3.63, 3.8) is 0 Å². The van der Waals surface area contributed by atoms with Crippen molar-refractivity contribution in [3.05, 3.63) is 51.7 Å². The van der Waals surface area contributed by atoms with Crippen molar-refractivity contribution < 1.29 is 0 Å². The maximum atomic E-state index is 6.02. The minimum absolute atomic E-state index is 0. The van der Waals surface area contributed by atoms with Gasteiger partial charge in [0.05, 0.1) is 5.69 Å². The van der Waals surface area contributed by atoms with Gasteiger partial charge in [-0.3, -0.25) is 0 Å². The number of aliphatic imine (C=N–C) groups is 1. The fourth-order valence-corrected chi connectivity index (χ4v) is 3.02. The molecule has 0 unspecified atom stereocenters. The van der Waals surface area contributed by atoms with Gasteiger partial charge in [0, 0.05) is 24.0 Å². The summed E-state index contributed by atoms with van der Waals surface area (Å²) in [6.07, 6.45) is 1.12. The maximum Gasteiger partial charge on any atom is 0.132 e. The van der Waals surface area contributed by atoms with Crippen LogP contribution in [0.3, 0.4) is 0 Å². The van der Waals surface area contributed by atoms with Crippen molar-refractivity contribution >= 4 is 47.7 Å². The second-order valence-electron chi connectivity index (χ2n) is 4.95. The third kappa shape index (κ3) is 4.20. The van der Waals surface area contributed by atoms with Gasteiger partial charge in [-0.15, -0.1) is 24.8 Å². The number of fused-ring (bicyclic) bond motifs is 1. The average molecular weight is 344 g/mol. The number of nitrogens with zero attached hydrogens (tertiary/aromatic N) is 2. The zero-order chi connectivity index (χ0) is 13.2. The Hall–Kier alpha value is -1.07. The van der Waals surface area contributed by atoms with Crippen LogP contribution >= 0.6 is 36.2 Å². The third-order valence-corrected chi connectivity index (χ3v) is 4.14. The average Bonchev–Trinajstić information content (AvgIpc) is 2.92. The summed E-state index contributed by atoms with van der Waals surface area (Å²) >= 11 is 1.63. The molecule has 1 aromatic carbocycles. The largest absolute Gasteiger partial charge is 0.383 e. The van der Waals surface area contributed by atoms with Crippen molar-refractivity contribution in [2.45, 2.75) is 13.0 Å². The SMILES string of the molecule is CN1CCc2ccc(N=C(N)c3ccsc3)cc2C1.Cl.Cl. The molecule has 0 aliphatic carbocycles. The number of thiophene rings is 1. The molecular formula is C15H19Cl2N3S. The van der Waals surface area contributed by atoms with Crippen LogP contribution in [0.2, 0.25) is 0 Å². The summed E-state index contributed by atoms with van der Waals surface area (Å²) in [5.74, 6) is 0.588. The van der Waals surface area contributed by atoms with E-state index in [-0.39, 0.29) is 24.8 Å². The molecule has 0 fully saturated rings. The van der Waals surface area contributed by atoms with Gasteiger partial charge in [-0.2, -0.15) is 11.3 Å². The molecule has 1 aromatic heterocycles. The van der Waals surface area contributed by atoms with E-state index in [2.05, 4.69) is 35.1 Å². The van der Waals surface area contributed by atoms with E-state index < -0.39 is 0 Å². The van der Waals surface area contributed by atoms with Crippen molar-refractivity contribution in [2.75, 3.05) is 13.6 Å². The zero-order valence-electron chi connectivity index (χ0n) is 11.8. The highest BCUT2D eigenvalue weighted by Crippen LogP contribution is 2.24. The second-order valence-corrected chi connectivity index (χ2v) is 5.73. The molecule has 0 radical (unpaired) electrons. The van der Waals surface area contributed by atoms with Gasteiger partial charge >= 0.3 is 0 Å². The van der Waals surface area contributed by atoms with E-state index in [4.69, 9.17) is 5.73 Å². The monoisotopic (exact) mass is 343 g/mol. The highest BCUT2D eigenvalue weighted by atomic mass is 35.5. The molecule has 0 saturated heterocycles. The van der Waals surface area contributed by atoms with Crippen LogP contribution in [0.5, 0.6) is 0 Å². The van der Waals surface area contributed by atoms with Gasteiger partial charge in [0.25, 0.3) is 0 Å². The van der Waals surface area contributed by atoms with E-state index in [9.17, 15) is 0 Å². The van der Waals surface area contributed by atoms with Crippen molar-refractivity contribution in [2.24, 2.45) is 10.7 Å². The first kappa shape index (κ1) is 18.0. The smallest absolute Gasteiger partial charge is 0.132 e. The summed E-state index contributed by atoms with van der Waals surface area (Å²) in [6.45, 7) is 2.13. The quantitative estimate of drug-likeness (QED) is 0.668. The van der Waals surface area contributed by atoms with Crippen LogP contribution in [0.4, 0.5) is 5.69 Å². The first-order valence-corrected chi connectivity index (χ1v) is 7.34. The van der Waals surface area contributed by atoms with E-state index >= 15 is 0 Å². The standard InChI is InChI=1S/C15H17N3S.2ClH/c1-18-6-4-11-2-3-14(8-13(11)9-18)17-15(16)12-5-7-19-10-12;;/h2-3,5,7-8,10H,4,6,9H2,1H3,(H2,16,17);2*1H. The number of hydrogen-bond acceptors (Lipinski definition) is 3. The lowest BCUT2D eigenvalue weighted by molar-refractivity contribution is 0.313. The van der Waals surface area contributed by atoms with Gasteiger partial charge in [-0.25, -0.2) is 4.99 Å². The summed E-state index contributed by atoms with van der Waals surface area (Å²) in [7, 11) is 2.15. The molecule has 2 heterocycles. The molecule has 3 nitrogen and oxygen atoms in total. The molecule has 0 atom stereocenters. The van der Waals surface area contributed by atoms with Gasteiger partial charge in [-0.05, 0) is 48.2 Å². The van der Waals surface area contributed by atoms with Crippen LogP contribution in [0, 0.1) is 0 Å². The van der Waals surface area contributed by atoms with Crippen molar-refractivity contribution in [1.82, 2.24) is 4.90 Å². The zero-order valence-corrected chi connectivity index (χ0v) is 14.2. The molecule has 114 valence electrons. The molecule has 1 aliphatic rings. The molecule has 21 heavy (non-hydrogen) atoms. The summed E-state index contributed by atoms with van der Waals surface area (Å²) < 4.78 is 0. The molecule has 6 heteroatoms. The normalized spacial score (nSPS) is 14.8.